The molecule has 2 rings (SSSR count). The van der Waals surface area contributed by atoms with Crippen LogP contribution in [0.2, 0.25) is 5.02 Å². The van der Waals surface area contributed by atoms with Gasteiger partial charge in [-0.25, -0.2) is 4.39 Å². The van der Waals surface area contributed by atoms with E-state index >= 15 is 0 Å². The molecule has 1 aromatic carbocycles. The lowest BCUT2D eigenvalue weighted by Crippen LogP contribution is -2.42. The summed E-state index contributed by atoms with van der Waals surface area (Å²) in [6.45, 7) is 4.80. The molecule has 1 aromatic rings. The van der Waals surface area contributed by atoms with Crippen molar-refractivity contribution in [2.45, 2.75) is 45.6 Å². The van der Waals surface area contributed by atoms with E-state index in [2.05, 4.69) is 13.8 Å². The Morgan fingerprint density at radius 2 is 1.90 bits per heavy atom. The van der Waals surface area contributed by atoms with E-state index in [9.17, 15) is 9.50 Å². The van der Waals surface area contributed by atoms with Gasteiger partial charge in [-0.3, -0.25) is 0 Å². The minimum absolute atomic E-state index is 0.0462. The quantitative estimate of drug-likeness (QED) is 0.884. The highest BCUT2D eigenvalue weighted by Gasteiger charge is 2.43. The molecule has 2 nitrogen and oxygen atoms in total. The lowest BCUT2D eigenvalue weighted by atomic mass is 9.62. The smallest absolute Gasteiger partial charge is 0.147 e. The van der Waals surface area contributed by atoms with Crippen LogP contribution in [-0.2, 0) is 0 Å². The van der Waals surface area contributed by atoms with Gasteiger partial charge in [0.25, 0.3) is 0 Å². The standard InChI is InChI=1S/C16H23ClFNO/c1-15(2)6-8-16(10-19,9-7-15)14(20)11-4-3-5-12(17)13(11)18/h3-5,14,20H,6-10,19H2,1-2H3. The van der Waals surface area contributed by atoms with Gasteiger partial charge < -0.3 is 10.8 Å². The highest BCUT2D eigenvalue weighted by Crippen LogP contribution is 2.51. The molecule has 0 bridgehead atoms. The van der Waals surface area contributed by atoms with E-state index in [0.717, 1.165) is 25.7 Å². The maximum atomic E-state index is 14.1. The van der Waals surface area contributed by atoms with Crippen LogP contribution in [0.25, 0.3) is 0 Å². The molecule has 1 atom stereocenters. The number of benzene rings is 1. The van der Waals surface area contributed by atoms with Gasteiger partial charge in [0.15, 0.2) is 0 Å². The second-order valence-electron chi connectivity index (χ2n) is 6.78. The molecule has 0 aliphatic heterocycles. The zero-order valence-electron chi connectivity index (χ0n) is 12.1. The summed E-state index contributed by atoms with van der Waals surface area (Å²) in [5.41, 5.74) is 6.03. The average Bonchev–Trinajstić information content (AvgIpc) is 2.42. The van der Waals surface area contributed by atoms with Crippen molar-refractivity contribution in [2.75, 3.05) is 6.54 Å². The topological polar surface area (TPSA) is 46.2 Å². The van der Waals surface area contributed by atoms with E-state index in [1.54, 1.807) is 12.1 Å². The summed E-state index contributed by atoms with van der Waals surface area (Å²) in [5.74, 6) is -0.528. The van der Waals surface area contributed by atoms with Gasteiger partial charge in [0, 0.05) is 17.5 Å². The summed E-state index contributed by atoms with van der Waals surface area (Å²) < 4.78 is 14.1. The number of aliphatic hydroxyl groups excluding tert-OH is 1. The van der Waals surface area contributed by atoms with Crippen LogP contribution in [0.4, 0.5) is 4.39 Å². The predicted molar refractivity (Wildman–Crippen MR) is 80.1 cm³/mol. The van der Waals surface area contributed by atoms with E-state index in [-0.39, 0.29) is 16.0 Å². The summed E-state index contributed by atoms with van der Waals surface area (Å²) in [5, 5.41) is 10.7. The lowest BCUT2D eigenvalue weighted by molar-refractivity contribution is -0.0253. The molecular formula is C16H23ClFNO. The Hall–Kier alpha value is -0.640. The summed E-state index contributed by atoms with van der Waals surface area (Å²) in [6, 6.07) is 4.76. The number of nitrogens with two attached hydrogens (primary N) is 1. The molecule has 0 radical (unpaired) electrons. The highest BCUT2D eigenvalue weighted by atomic mass is 35.5. The van der Waals surface area contributed by atoms with Gasteiger partial charge in [0.05, 0.1) is 11.1 Å². The molecule has 4 heteroatoms. The van der Waals surface area contributed by atoms with Crippen molar-refractivity contribution >= 4 is 11.6 Å². The predicted octanol–water partition coefficient (Wildman–Crippen LogP) is 4.06. The Morgan fingerprint density at radius 3 is 2.45 bits per heavy atom. The van der Waals surface area contributed by atoms with Crippen LogP contribution in [0.3, 0.4) is 0 Å². The van der Waals surface area contributed by atoms with Crippen LogP contribution in [0.1, 0.15) is 51.2 Å². The number of hydrogen-bond acceptors (Lipinski definition) is 2. The zero-order valence-corrected chi connectivity index (χ0v) is 12.9. The molecule has 0 aromatic heterocycles. The van der Waals surface area contributed by atoms with E-state index in [1.807, 2.05) is 0 Å². The molecule has 3 N–H and O–H groups in total. The van der Waals surface area contributed by atoms with Crippen molar-refractivity contribution in [1.82, 2.24) is 0 Å². The fraction of sp³-hybridized carbons (Fsp3) is 0.625. The maximum Gasteiger partial charge on any atom is 0.147 e. The number of aliphatic hydroxyl groups is 1. The normalized spacial score (nSPS) is 22.5. The molecule has 1 unspecified atom stereocenters. The second kappa shape index (κ2) is 5.63. The van der Waals surface area contributed by atoms with E-state index in [4.69, 9.17) is 17.3 Å². The van der Waals surface area contributed by atoms with Gasteiger partial charge in [-0.1, -0.05) is 37.6 Å². The van der Waals surface area contributed by atoms with Crippen molar-refractivity contribution < 1.29 is 9.50 Å². The fourth-order valence-corrected chi connectivity index (χ4v) is 3.26. The highest BCUT2D eigenvalue weighted by molar-refractivity contribution is 6.30. The molecule has 0 spiro atoms. The van der Waals surface area contributed by atoms with Crippen molar-refractivity contribution in [1.29, 1.82) is 0 Å². The van der Waals surface area contributed by atoms with Gasteiger partial charge >= 0.3 is 0 Å². The summed E-state index contributed by atoms with van der Waals surface area (Å²) >= 11 is 5.81. The van der Waals surface area contributed by atoms with Crippen molar-refractivity contribution in [3.63, 3.8) is 0 Å². The third kappa shape index (κ3) is 2.85. The van der Waals surface area contributed by atoms with Crippen LogP contribution in [0.15, 0.2) is 18.2 Å². The van der Waals surface area contributed by atoms with E-state index in [0.29, 0.717) is 6.54 Å². The summed E-state index contributed by atoms with van der Waals surface area (Å²) in [7, 11) is 0. The van der Waals surface area contributed by atoms with Gasteiger partial charge in [-0.05, 0) is 37.2 Å². The van der Waals surface area contributed by atoms with Crippen LogP contribution < -0.4 is 5.73 Å². The fourth-order valence-electron chi connectivity index (χ4n) is 3.08. The number of rotatable bonds is 3. The Balaban J connectivity index is 2.30. The average molecular weight is 300 g/mol. The minimum Gasteiger partial charge on any atom is -0.388 e. The molecule has 0 amide bonds. The Kier molecular flexibility index (Phi) is 4.43. The van der Waals surface area contributed by atoms with Crippen molar-refractivity contribution in [3.05, 3.63) is 34.6 Å². The molecule has 0 saturated heterocycles. The van der Waals surface area contributed by atoms with Gasteiger partial charge in [-0.2, -0.15) is 0 Å². The first-order chi connectivity index (χ1) is 9.31. The monoisotopic (exact) mass is 299 g/mol. The Labute approximate surface area is 125 Å². The maximum absolute atomic E-state index is 14.1. The van der Waals surface area contributed by atoms with Gasteiger partial charge in [-0.15, -0.1) is 0 Å². The Bertz CT molecular complexity index is 479. The van der Waals surface area contributed by atoms with E-state index < -0.39 is 17.3 Å². The molecule has 20 heavy (non-hydrogen) atoms. The second-order valence-corrected chi connectivity index (χ2v) is 7.18. The lowest BCUT2D eigenvalue weighted by Gasteiger charge is -2.45. The van der Waals surface area contributed by atoms with Crippen LogP contribution in [0.5, 0.6) is 0 Å². The first-order valence-corrected chi connectivity index (χ1v) is 7.51. The molecule has 112 valence electrons. The molecule has 0 heterocycles. The minimum atomic E-state index is -0.901. The van der Waals surface area contributed by atoms with Crippen LogP contribution in [0, 0.1) is 16.6 Å². The summed E-state index contributed by atoms with van der Waals surface area (Å²) in [6.07, 6.45) is 2.70. The molecule has 1 aliphatic carbocycles. The molecule has 1 saturated carbocycles. The first-order valence-electron chi connectivity index (χ1n) is 7.13. The Morgan fingerprint density at radius 1 is 1.30 bits per heavy atom. The van der Waals surface area contributed by atoms with Crippen LogP contribution in [-0.4, -0.2) is 11.7 Å². The van der Waals surface area contributed by atoms with Gasteiger partial charge in [0.1, 0.15) is 5.82 Å². The van der Waals surface area contributed by atoms with Crippen molar-refractivity contribution in [2.24, 2.45) is 16.6 Å². The molecule has 1 aliphatic rings. The molecular weight excluding hydrogens is 277 g/mol. The van der Waals surface area contributed by atoms with Gasteiger partial charge in [0.2, 0.25) is 0 Å². The first kappa shape index (κ1) is 15.7. The third-order valence-corrected chi connectivity index (χ3v) is 5.15. The SMILES string of the molecule is CC1(C)CCC(CN)(C(O)c2cccc(Cl)c2F)CC1. The largest absolute Gasteiger partial charge is 0.388 e. The van der Waals surface area contributed by atoms with Crippen molar-refractivity contribution in [3.8, 4) is 0 Å². The number of hydrogen-bond donors (Lipinski definition) is 2. The van der Waals surface area contributed by atoms with Crippen LogP contribution >= 0.6 is 11.6 Å². The summed E-state index contributed by atoms with van der Waals surface area (Å²) in [4.78, 5) is 0. The van der Waals surface area contributed by atoms with E-state index in [1.165, 1.54) is 6.07 Å². The number of halogens is 2. The third-order valence-electron chi connectivity index (χ3n) is 4.86. The molecule has 1 fully saturated rings. The zero-order chi connectivity index (χ0) is 15.0.